The molecule has 0 aliphatic heterocycles. The van der Waals surface area contributed by atoms with Crippen molar-refractivity contribution in [2.45, 2.75) is 0 Å². The van der Waals surface area contributed by atoms with Gasteiger partial charge in [0.2, 0.25) is 0 Å². The average molecular weight is 172 g/mol. The van der Waals surface area contributed by atoms with E-state index < -0.39 is 23.4 Å². The highest BCUT2D eigenvalue weighted by molar-refractivity contribution is 5.74. The van der Waals surface area contributed by atoms with Gasteiger partial charge in [0.05, 0.1) is 6.20 Å². The van der Waals surface area contributed by atoms with Crippen LogP contribution in [0.25, 0.3) is 0 Å². The third-order valence-electron chi connectivity index (χ3n) is 1.15. The van der Waals surface area contributed by atoms with Crippen LogP contribution in [-0.2, 0) is 0 Å². The zero-order chi connectivity index (χ0) is 9.30. The summed E-state index contributed by atoms with van der Waals surface area (Å²) in [5.41, 5.74) is 8.65. The monoisotopic (exact) mass is 172 g/mol. The van der Waals surface area contributed by atoms with Gasteiger partial charge >= 0.3 is 11.7 Å². The maximum Gasteiger partial charge on any atom is 0.357 e. The van der Waals surface area contributed by atoms with E-state index in [2.05, 4.69) is 4.98 Å². The van der Waals surface area contributed by atoms with Gasteiger partial charge in [0.25, 0.3) is 0 Å². The molecule has 0 atom stereocenters. The maximum absolute atomic E-state index is 12.6. The second kappa shape index (κ2) is 2.61. The van der Waals surface area contributed by atoms with E-state index in [-0.39, 0.29) is 0 Å². The molecule has 0 saturated heterocycles. The lowest BCUT2D eigenvalue weighted by molar-refractivity contribution is 0.249. The molecular weight excluding hydrogens is 167 g/mol. The first-order valence-electron chi connectivity index (χ1n) is 2.87. The molecule has 0 radical (unpaired) electrons. The molecule has 0 unspecified atom stereocenters. The van der Waals surface area contributed by atoms with Crippen LogP contribution in [-0.4, -0.2) is 15.6 Å². The molecule has 0 aliphatic carbocycles. The third-order valence-corrected chi connectivity index (χ3v) is 1.15. The van der Waals surface area contributed by atoms with Crippen molar-refractivity contribution >= 4 is 11.8 Å². The minimum atomic E-state index is -1.11. The number of anilines is 1. The molecule has 1 amide bonds. The SMILES string of the molecule is NC(=O)n1cc(F)c(N)nc1=O. The lowest BCUT2D eigenvalue weighted by Crippen LogP contribution is -2.33. The lowest BCUT2D eigenvalue weighted by atomic mass is 10.5. The molecule has 4 N–H and O–H groups in total. The van der Waals surface area contributed by atoms with Gasteiger partial charge in [0.15, 0.2) is 11.6 Å². The summed E-state index contributed by atoms with van der Waals surface area (Å²) >= 11 is 0. The number of hydrogen-bond acceptors (Lipinski definition) is 4. The van der Waals surface area contributed by atoms with E-state index in [1.165, 1.54) is 0 Å². The molecule has 1 aromatic heterocycles. The summed E-state index contributed by atoms with van der Waals surface area (Å²) in [5.74, 6) is -1.52. The van der Waals surface area contributed by atoms with E-state index in [4.69, 9.17) is 11.5 Å². The highest BCUT2D eigenvalue weighted by atomic mass is 19.1. The summed E-state index contributed by atoms with van der Waals surface area (Å²) in [7, 11) is 0. The Hall–Kier alpha value is -1.92. The Morgan fingerprint density at radius 3 is 2.75 bits per heavy atom. The summed E-state index contributed by atoms with van der Waals surface area (Å²) in [5, 5.41) is 0. The van der Waals surface area contributed by atoms with Gasteiger partial charge in [-0.05, 0) is 0 Å². The Kier molecular flexibility index (Phi) is 1.78. The quantitative estimate of drug-likeness (QED) is 0.517. The highest BCUT2D eigenvalue weighted by Gasteiger charge is 2.07. The predicted molar refractivity (Wildman–Crippen MR) is 37.8 cm³/mol. The number of nitrogen functional groups attached to an aromatic ring is 1. The zero-order valence-corrected chi connectivity index (χ0v) is 5.82. The molecule has 0 spiro atoms. The van der Waals surface area contributed by atoms with Crippen LogP contribution in [0.15, 0.2) is 11.0 Å². The molecule has 0 bridgehead atoms. The van der Waals surface area contributed by atoms with Crippen molar-refractivity contribution in [3.63, 3.8) is 0 Å². The van der Waals surface area contributed by atoms with Crippen molar-refractivity contribution < 1.29 is 9.18 Å². The number of primary amides is 1. The Morgan fingerprint density at radius 2 is 2.25 bits per heavy atom. The van der Waals surface area contributed by atoms with E-state index in [0.29, 0.717) is 10.8 Å². The van der Waals surface area contributed by atoms with Crippen molar-refractivity contribution in [1.82, 2.24) is 9.55 Å². The van der Waals surface area contributed by atoms with E-state index in [1.807, 2.05) is 0 Å². The maximum atomic E-state index is 12.6. The van der Waals surface area contributed by atoms with Crippen LogP contribution < -0.4 is 17.2 Å². The summed E-state index contributed by atoms with van der Waals surface area (Å²) in [6.45, 7) is 0. The first kappa shape index (κ1) is 8.18. The minimum Gasteiger partial charge on any atom is -0.381 e. The Bertz CT molecular complexity index is 386. The molecule has 0 aliphatic rings. The Morgan fingerprint density at radius 1 is 1.67 bits per heavy atom. The number of nitrogens with two attached hydrogens (primary N) is 2. The third kappa shape index (κ3) is 1.24. The van der Waals surface area contributed by atoms with E-state index in [0.717, 1.165) is 0 Å². The zero-order valence-electron chi connectivity index (χ0n) is 5.82. The predicted octanol–water partition coefficient (Wildman–Crippen LogP) is -1.11. The average Bonchev–Trinajstić information content (AvgIpc) is 1.96. The van der Waals surface area contributed by atoms with Gasteiger partial charge in [0.1, 0.15) is 0 Å². The van der Waals surface area contributed by atoms with Gasteiger partial charge in [-0.15, -0.1) is 0 Å². The van der Waals surface area contributed by atoms with Crippen LogP contribution in [0.2, 0.25) is 0 Å². The molecule has 64 valence electrons. The number of rotatable bonds is 0. The van der Waals surface area contributed by atoms with Gasteiger partial charge in [0, 0.05) is 0 Å². The molecule has 0 fully saturated rings. The molecule has 0 saturated carbocycles. The van der Waals surface area contributed by atoms with Crippen LogP contribution in [0.5, 0.6) is 0 Å². The fourth-order valence-electron chi connectivity index (χ4n) is 0.603. The number of halogens is 1. The molecular formula is C5H5FN4O2. The van der Waals surface area contributed by atoms with Crippen LogP contribution in [0, 0.1) is 5.82 Å². The fourth-order valence-corrected chi connectivity index (χ4v) is 0.603. The van der Waals surface area contributed by atoms with Crippen molar-refractivity contribution in [2.24, 2.45) is 5.73 Å². The minimum absolute atomic E-state index is 0.325. The number of hydrogen-bond donors (Lipinski definition) is 2. The van der Waals surface area contributed by atoms with Crippen LogP contribution >= 0.6 is 0 Å². The Labute approximate surface area is 65.6 Å². The van der Waals surface area contributed by atoms with Gasteiger partial charge in [-0.2, -0.15) is 4.98 Å². The number of carbonyl (C=O) groups is 1. The Balaban J connectivity index is 3.43. The number of amides is 1. The summed E-state index contributed by atoms with van der Waals surface area (Å²) in [4.78, 5) is 24.2. The molecule has 6 nitrogen and oxygen atoms in total. The molecule has 1 aromatic rings. The smallest absolute Gasteiger partial charge is 0.357 e. The van der Waals surface area contributed by atoms with Gasteiger partial charge < -0.3 is 11.5 Å². The topological polar surface area (TPSA) is 104 Å². The van der Waals surface area contributed by atoms with Gasteiger partial charge in [-0.25, -0.2) is 18.5 Å². The first-order valence-corrected chi connectivity index (χ1v) is 2.87. The molecule has 7 heteroatoms. The largest absolute Gasteiger partial charge is 0.381 e. The number of aromatic nitrogens is 2. The van der Waals surface area contributed by atoms with Crippen molar-refractivity contribution in [2.75, 3.05) is 5.73 Å². The highest BCUT2D eigenvalue weighted by Crippen LogP contribution is 1.99. The van der Waals surface area contributed by atoms with Crippen LogP contribution in [0.3, 0.4) is 0 Å². The number of carbonyl (C=O) groups excluding carboxylic acids is 1. The lowest BCUT2D eigenvalue weighted by Gasteiger charge is -1.99. The van der Waals surface area contributed by atoms with Crippen LogP contribution in [0.1, 0.15) is 0 Å². The first-order chi connectivity index (χ1) is 5.52. The normalized spacial score (nSPS) is 9.75. The van der Waals surface area contributed by atoms with Gasteiger partial charge in [-0.3, -0.25) is 0 Å². The molecule has 1 heterocycles. The molecule has 12 heavy (non-hydrogen) atoms. The van der Waals surface area contributed by atoms with Crippen LogP contribution in [0.4, 0.5) is 15.0 Å². The van der Waals surface area contributed by atoms with E-state index in [1.54, 1.807) is 0 Å². The molecule has 0 aromatic carbocycles. The van der Waals surface area contributed by atoms with Crippen molar-refractivity contribution in [3.8, 4) is 0 Å². The summed E-state index contributed by atoms with van der Waals surface area (Å²) in [6, 6.07) is -1.11. The second-order valence-corrected chi connectivity index (χ2v) is 1.96. The fraction of sp³-hybridized carbons (Fsp3) is 0. The summed E-state index contributed by atoms with van der Waals surface area (Å²) < 4.78 is 12.9. The number of nitrogens with zero attached hydrogens (tertiary/aromatic N) is 2. The molecule has 1 rings (SSSR count). The summed E-state index contributed by atoms with van der Waals surface area (Å²) in [6.07, 6.45) is 0.590. The standard InChI is InChI=1S/C5H5FN4O2/c6-2-1-10(4(8)11)5(12)9-3(2)7/h1H,(H2,8,11)(H2,7,9,12). The van der Waals surface area contributed by atoms with Gasteiger partial charge in [-0.1, -0.05) is 0 Å². The van der Waals surface area contributed by atoms with E-state index >= 15 is 0 Å². The van der Waals surface area contributed by atoms with Crippen molar-refractivity contribution in [1.29, 1.82) is 0 Å². The second-order valence-electron chi connectivity index (χ2n) is 1.96. The van der Waals surface area contributed by atoms with Crippen molar-refractivity contribution in [3.05, 3.63) is 22.5 Å². The van der Waals surface area contributed by atoms with E-state index in [9.17, 15) is 14.0 Å².